The molecule has 2 rings (SSSR count). The number of likely N-dealkylation sites (tertiary alicyclic amines) is 1. The lowest BCUT2D eigenvalue weighted by Crippen LogP contribution is -2.38. The highest BCUT2D eigenvalue weighted by atomic mass is 19.1. The van der Waals surface area contributed by atoms with E-state index < -0.39 is 0 Å². The summed E-state index contributed by atoms with van der Waals surface area (Å²) in [7, 11) is 0. The number of nitrogens with two attached hydrogens (primary N) is 1. The molecule has 6 heteroatoms. The van der Waals surface area contributed by atoms with Crippen LogP contribution in [0.5, 0.6) is 0 Å². The fraction of sp³-hybridized carbons (Fsp3) is 0.533. The summed E-state index contributed by atoms with van der Waals surface area (Å²) in [4.78, 5) is 2.46. The van der Waals surface area contributed by atoms with Gasteiger partial charge in [0.15, 0.2) is 5.84 Å². The van der Waals surface area contributed by atoms with Gasteiger partial charge < -0.3 is 16.3 Å². The van der Waals surface area contributed by atoms with Gasteiger partial charge in [-0.15, -0.1) is 0 Å². The van der Waals surface area contributed by atoms with Crippen molar-refractivity contribution in [3.8, 4) is 0 Å². The maximum Gasteiger partial charge on any atom is 0.170 e. The van der Waals surface area contributed by atoms with Crippen molar-refractivity contribution in [1.82, 2.24) is 10.2 Å². The van der Waals surface area contributed by atoms with Crippen molar-refractivity contribution in [2.24, 2.45) is 10.9 Å². The molecule has 1 aliphatic rings. The molecule has 1 aromatic carbocycles. The van der Waals surface area contributed by atoms with E-state index >= 15 is 0 Å². The maximum absolute atomic E-state index is 13.5. The van der Waals surface area contributed by atoms with Gasteiger partial charge in [0.2, 0.25) is 0 Å². The molecule has 1 aromatic rings. The van der Waals surface area contributed by atoms with E-state index in [2.05, 4.69) is 22.3 Å². The zero-order valence-corrected chi connectivity index (χ0v) is 12.3. The number of oxime groups is 1. The van der Waals surface area contributed by atoms with Gasteiger partial charge in [0.05, 0.1) is 0 Å². The van der Waals surface area contributed by atoms with Crippen LogP contribution in [0.15, 0.2) is 23.4 Å². The van der Waals surface area contributed by atoms with Crippen LogP contribution >= 0.6 is 0 Å². The summed E-state index contributed by atoms with van der Waals surface area (Å²) >= 11 is 0. The Morgan fingerprint density at radius 2 is 2.14 bits per heavy atom. The summed E-state index contributed by atoms with van der Waals surface area (Å²) in [6.45, 7) is 5.94. The van der Waals surface area contributed by atoms with Gasteiger partial charge in [0, 0.05) is 24.7 Å². The number of hydrogen-bond donors (Lipinski definition) is 3. The Bertz CT molecular complexity index is 500. The van der Waals surface area contributed by atoms with Crippen LogP contribution in [0.25, 0.3) is 0 Å². The molecular formula is C15H23FN4O. The molecule has 1 aliphatic heterocycles. The van der Waals surface area contributed by atoms with Crippen LogP contribution < -0.4 is 11.1 Å². The minimum Gasteiger partial charge on any atom is -0.409 e. The standard InChI is InChI=1S/C15H23FN4O/c1-11(20-4-2-3-5-20)9-18-10-12-6-13(15(17)19-21)8-14(16)7-12/h6-8,11,18,21H,2-5,9-10H2,1H3,(H2,17,19). The molecule has 0 aromatic heterocycles. The van der Waals surface area contributed by atoms with Crippen LogP contribution in [0.4, 0.5) is 4.39 Å². The summed E-state index contributed by atoms with van der Waals surface area (Å²) in [6.07, 6.45) is 2.55. The lowest BCUT2D eigenvalue weighted by molar-refractivity contribution is 0.251. The van der Waals surface area contributed by atoms with E-state index in [1.807, 2.05) is 0 Å². The monoisotopic (exact) mass is 294 g/mol. The van der Waals surface area contributed by atoms with Crippen LogP contribution in [-0.4, -0.2) is 41.6 Å². The highest BCUT2D eigenvalue weighted by molar-refractivity contribution is 5.97. The van der Waals surface area contributed by atoms with Gasteiger partial charge in [0.25, 0.3) is 0 Å². The van der Waals surface area contributed by atoms with Crippen LogP contribution in [0.2, 0.25) is 0 Å². The highest BCUT2D eigenvalue weighted by Gasteiger charge is 2.17. The largest absolute Gasteiger partial charge is 0.409 e. The molecule has 4 N–H and O–H groups in total. The van der Waals surface area contributed by atoms with Crippen LogP contribution in [0.1, 0.15) is 30.9 Å². The van der Waals surface area contributed by atoms with E-state index in [0.717, 1.165) is 25.2 Å². The second-order valence-corrected chi connectivity index (χ2v) is 5.56. The van der Waals surface area contributed by atoms with E-state index in [-0.39, 0.29) is 11.7 Å². The fourth-order valence-electron chi connectivity index (χ4n) is 2.69. The Balaban J connectivity index is 1.89. The summed E-state index contributed by atoms with van der Waals surface area (Å²) in [5.74, 6) is -0.468. The number of nitrogens with zero attached hydrogens (tertiary/aromatic N) is 2. The topological polar surface area (TPSA) is 73.9 Å². The quantitative estimate of drug-likeness (QED) is 0.322. The predicted octanol–water partition coefficient (Wildman–Crippen LogP) is 1.49. The molecule has 1 saturated heterocycles. The molecule has 1 atom stereocenters. The Hall–Kier alpha value is -1.66. The second kappa shape index (κ2) is 7.38. The van der Waals surface area contributed by atoms with Gasteiger partial charge in [-0.25, -0.2) is 4.39 Å². The first kappa shape index (κ1) is 15.7. The molecule has 0 saturated carbocycles. The van der Waals surface area contributed by atoms with E-state index in [9.17, 15) is 4.39 Å². The first-order chi connectivity index (χ1) is 10.1. The van der Waals surface area contributed by atoms with Gasteiger partial charge in [-0.2, -0.15) is 0 Å². The van der Waals surface area contributed by atoms with Crippen molar-refractivity contribution in [3.63, 3.8) is 0 Å². The number of benzene rings is 1. The van der Waals surface area contributed by atoms with E-state index in [1.165, 1.54) is 25.0 Å². The lowest BCUT2D eigenvalue weighted by Gasteiger charge is -2.24. The van der Waals surface area contributed by atoms with Crippen molar-refractivity contribution in [2.75, 3.05) is 19.6 Å². The molecule has 1 unspecified atom stereocenters. The number of halogens is 1. The molecule has 116 valence electrons. The number of nitrogens with one attached hydrogen (secondary N) is 1. The summed E-state index contributed by atoms with van der Waals surface area (Å²) < 4.78 is 13.5. The molecule has 0 spiro atoms. The third kappa shape index (κ3) is 4.41. The van der Waals surface area contributed by atoms with Crippen LogP contribution in [-0.2, 0) is 6.54 Å². The number of hydrogen-bond acceptors (Lipinski definition) is 4. The summed E-state index contributed by atoms with van der Waals surface area (Å²) in [6, 6.07) is 4.92. The van der Waals surface area contributed by atoms with Crippen molar-refractivity contribution in [2.45, 2.75) is 32.4 Å². The first-order valence-corrected chi connectivity index (χ1v) is 7.32. The Kier molecular flexibility index (Phi) is 5.52. The zero-order chi connectivity index (χ0) is 15.2. The van der Waals surface area contributed by atoms with Crippen LogP contribution in [0, 0.1) is 5.82 Å². The number of amidine groups is 1. The summed E-state index contributed by atoms with van der Waals surface area (Å²) in [5, 5.41) is 14.9. The molecule has 0 bridgehead atoms. The highest BCUT2D eigenvalue weighted by Crippen LogP contribution is 2.12. The maximum atomic E-state index is 13.5. The van der Waals surface area contributed by atoms with Gasteiger partial charge >= 0.3 is 0 Å². The van der Waals surface area contributed by atoms with Crippen molar-refractivity contribution in [1.29, 1.82) is 0 Å². The molecule has 21 heavy (non-hydrogen) atoms. The first-order valence-electron chi connectivity index (χ1n) is 7.32. The van der Waals surface area contributed by atoms with Crippen molar-refractivity contribution >= 4 is 5.84 Å². The van der Waals surface area contributed by atoms with Gasteiger partial charge in [-0.1, -0.05) is 5.16 Å². The molecule has 5 nitrogen and oxygen atoms in total. The van der Waals surface area contributed by atoms with Gasteiger partial charge in [-0.3, -0.25) is 4.90 Å². The molecular weight excluding hydrogens is 271 g/mol. The predicted molar refractivity (Wildman–Crippen MR) is 80.9 cm³/mol. The smallest absolute Gasteiger partial charge is 0.170 e. The SMILES string of the molecule is CC(CNCc1cc(F)cc(/C(N)=N/O)c1)N1CCCC1. The number of rotatable bonds is 6. The zero-order valence-electron chi connectivity index (χ0n) is 12.3. The normalized spacial score (nSPS) is 18.1. The second-order valence-electron chi connectivity index (χ2n) is 5.56. The molecule has 0 aliphatic carbocycles. The van der Waals surface area contributed by atoms with E-state index in [4.69, 9.17) is 10.9 Å². The molecule has 0 radical (unpaired) electrons. The molecule has 0 amide bonds. The Morgan fingerprint density at radius 3 is 2.81 bits per heavy atom. The third-order valence-electron chi connectivity index (χ3n) is 3.89. The van der Waals surface area contributed by atoms with Gasteiger partial charge in [-0.05, 0) is 56.6 Å². The lowest BCUT2D eigenvalue weighted by atomic mass is 10.1. The van der Waals surface area contributed by atoms with E-state index in [0.29, 0.717) is 18.2 Å². The minimum atomic E-state index is -0.386. The molecule has 1 fully saturated rings. The van der Waals surface area contributed by atoms with Crippen molar-refractivity contribution in [3.05, 3.63) is 35.1 Å². The van der Waals surface area contributed by atoms with E-state index in [1.54, 1.807) is 6.07 Å². The fourth-order valence-corrected chi connectivity index (χ4v) is 2.69. The van der Waals surface area contributed by atoms with Crippen LogP contribution in [0.3, 0.4) is 0 Å². The Labute approximate surface area is 124 Å². The Morgan fingerprint density at radius 1 is 1.43 bits per heavy atom. The average molecular weight is 294 g/mol. The van der Waals surface area contributed by atoms with Gasteiger partial charge in [0.1, 0.15) is 5.82 Å². The minimum absolute atomic E-state index is 0.0822. The summed E-state index contributed by atoms with van der Waals surface area (Å²) in [5.41, 5.74) is 6.67. The molecule has 1 heterocycles. The third-order valence-corrected chi connectivity index (χ3v) is 3.89. The average Bonchev–Trinajstić information content (AvgIpc) is 3.00. The van der Waals surface area contributed by atoms with Crippen molar-refractivity contribution < 1.29 is 9.60 Å².